The van der Waals surface area contributed by atoms with Crippen molar-refractivity contribution in [3.63, 3.8) is 0 Å². The lowest BCUT2D eigenvalue weighted by Gasteiger charge is -2.20. The van der Waals surface area contributed by atoms with Gasteiger partial charge in [0.1, 0.15) is 11.5 Å². The Morgan fingerprint density at radius 2 is 1.75 bits per heavy atom. The van der Waals surface area contributed by atoms with Crippen molar-refractivity contribution < 1.29 is 22.8 Å². The first-order chi connectivity index (χ1) is 17.3. The lowest BCUT2D eigenvalue weighted by molar-refractivity contribution is -0.385. The normalized spacial score (nSPS) is 11.6. The fourth-order valence-electron chi connectivity index (χ4n) is 3.43. The number of nitro benzene ring substituents is 1. The minimum atomic E-state index is -3.97. The highest BCUT2D eigenvalue weighted by atomic mass is 32.2. The minimum absolute atomic E-state index is 0.124. The summed E-state index contributed by atoms with van der Waals surface area (Å²) in [6, 6.07) is 18.6. The molecule has 0 atom stereocenters. The SMILES string of the molecule is CCN(CC)S(=O)(=O)c1cc([N+](=O)[O-])ccc1N/N=C\c1ccc(OCc2ccccc2)c(OC)c1. The van der Waals surface area contributed by atoms with E-state index in [9.17, 15) is 18.5 Å². The average Bonchev–Trinajstić information content (AvgIpc) is 2.88. The number of anilines is 1. The third-order valence-corrected chi connectivity index (χ3v) is 7.41. The monoisotopic (exact) mass is 512 g/mol. The number of non-ortho nitro benzene ring substituents is 1. The largest absolute Gasteiger partial charge is 0.493 e. The van der Waals surface area contributed by atoms with Gasteiger partial charge in [-0.3, -0.25) is 15.5 Å². The highest BCUT2D eigenvalue weighted by Crippen LogP contribution is 2.30. The van der Waals surface area contributed by atoms with Crippen LogP contribution in [0.3, 0.4) is 0 Å². The van der Waals surface area contributed by atoms with Crippen LogP contribution in [0.2, 0.25) is 0 Å². The molecule has 0 aromatic heterocycles. The number of nitro groups is 1. The molecule has 0 aliphatic rings. The Morgan fingerprint density at radius 1 is 1.03 bits per heavy atom. The molecule has 3 aromatic carbocycles. The molecule has 0 fully saturated rings. The molecule has 190 valence electrons. The second-order valence-corrected chi connectivity index (χ2v) is 9.49. The van der Waals surface area contributed by atoms with Crippen molar-refractivity contribution in [1.82, 2.24) is 4.31 Å². The van der Waals surface area contributed by atoms with Crippen LogP contribution in [0.25, 0.3) is 0 Å². The van der Waals surface area contributed by atoms with Crippen LogP contribution >= 0.6 is 0 Å². The van der Waals surface area contributed by atoms with E-state index in [2.05, 4.69) is 10.5 Å². The lowest BCUT2D eigenvalue weighted by atomic mass is 10.2. The molecule has 11 heteroatoms. The molecule has 3 rings (SSSR count). The lowest BCUT2D eigenvalue weighted by Crippen LogP contribution is -2.31. The third kappa shape index (κ3) is 6.37. The molecule has 0 unspecified atom stereocenters. The number of hydrazone groups is 1. The molecule has 10 nitrogen and oxygen atoms in total. The van der Waals surface area contributed by atoms with Gasteiger partial charge in [0.15, 0.2) is 11.5 Å². The van der Waals surface area contributed by atoms with Gasteiger partial charge in [-0.1, -0.05) is 44.2 Å². The Labute approximate surface area is 210 Å². The van der Waals surface area contributed by atoms with E-state index in [0.29, 0.717) is 23.7 Å². The Kier molecular flexibility index (Phi) is 8.98. The van der Waals surface area contributed by atoms with Gasteiger partial charge in [-0.2, -0.15) is 9.41 Å². The van der Waals surface area contributed by atoms with Gasteiger partial charge in [0.25, 0.3) is 5.69 Å². The van der Waals surface area contributed by atoms with E-state index >= 15 is 0 Å². The topological polar surface area (TPSA) is 123 Å². The molecule has 0 bridgehead atoms. The van der Waals surface area contributed by atoms with Crippen molar-refractivity contribution in [2.45, 2.75) is 25.3 Å². The zero-order valence-corrected chi connectivity index (χ0v) is 21.1. The summed E-state index contributed by atoms with van der Waals surface area (Å²) in [5, 5.41) is 15.4. The van der Waals surface area contributed by atoms with E-state index < -0.39 is 14.9 Å². The van der Waals surface area contributed by atoms with Crippen LogP contribution in [0.15, 0.2) is 76.7 Å². The predicted octanol–water partition coefficient (Wildman–Crippen LogP) is 4.66. The highest BCUT2D eigenvalue weighted by molar-refractivity contribution is 7.89. The van der Waals surface area contributed by atoms with Crippen LogP contribution in [0.1, 0.15) is 25.0 Å². The zero-order valence-electron chi connectivity index (χ0n) is 20.2. The van der Waals surface area contributed by atoms with Gasteiger partial charge in [-0.05, 0) is 35.4 Å². The number of nitrogens with zero attached hydrogens (tertiary/aromatic N) is 3. The van der Waals surface area contributed by atoms with Crippen LogP contribution < -0.4 is 14.9 Å². The number of hydrogen-bond acceptors (Lipinski definition) is 8. The molecule has 0 radical (unpaired) electrons. The quantitative estimate of drug-likeness (QED) is 0.213. The zero-order chi connectivity index (χ0) is 26.1. The maximum Gasteiger partial charge on any atom is 0.270 e. The van der Waals surface area contributed by atoms with E-state index in [1.54, 1.807) is 32.0 Å². The van der Waals surface area contributed by atoms with Crippen molar-refractivity contribution in [2.75, 3.05) is 25.6 Å². The fourth-order valence-corrected chi connectivity index (χ4v) is 5.05. The van der Waals surface area contributed by atoms with E-state index in [1.807, 2.05) is 30.3 Å². The average molecular weight is 513 g/mol. The Hall–Kier alpha value is -3.96. The molecule has 0 heterocycles. The molecule has 0 amide bonds. The molecule has 0 aliphatic carbocycles. The molecule has 36 heavy (non-hydrogen) atoms. The molecular formula is C25H28N4O6S. The number of benzene rings is 3. The standard InChI is InChI=1S/C25H28N4O6S/c1-4-28(5-2)36(32,33)25-16-21(29(30)31)12-13-22(25)27-26-17-20-11-14-23(24(15-20)34-3)35-18-19-9-7-6-8-10-19/h6-17,27H,4-5,18H2,1-3H3/b26-17-. The smallest absolute Gasteiger partial charge is 0.270 e. The van der Waals surface area contributed by atoms with Crippen LogP contribution in [0, 0.1) is 10.1 Å². The van der Waals surface area contributed by atoms with Gasteiger partial charge < -0.3 is 9.47 Å². The first-order valence-electron chi connectivity index (χ1n) is 11.2. The highest BCUT2D eigenvalue weighted by Gasteiger charge is 2.27. The number of nitrogens with one attached hydrogen (secondary N) is 1. The summed E-state index contributed by atoms with van der Waals surface area (Å²) in [5.41, 5.74) is 4.19. The van der Waals surface area contributed by atoms with Crippen molar-refractivity contribution in [2.24, 2.45) is 5.10 Å². The summed E-state index contributed by atoms with van der Waals surface area (Å²) >= 11 is 0. The maximum absolute atomic E-state index is 13.1. The van der Waals surface area contributed by atoms with E-state index in [4.69, 9.17) is 9.47 Å². The number of methoxy groups -OCH3 is 1. The minimum Gasteiger partial charge on any atom is -0.493 e. The van der Waals surface area contributed by atoms with Gasteiger partial charge in [-0.25, -0.2) is 8.42 Å². The summed E-state index contributed by atoms with van der Waals surface area (Å²) in [6.45, 7) is 4.23. The van der Waals surface area contributed by atoms with Gasteiger partial charge in [-0.15, -0.1) is 0 Å². The number of ether oxygens (including phenoxy) is 2. The molecule has 0 spiro atoms. The molecular weight excluding hydrogens is 484 g/mol. The first-order valence-corrected chi connectivity index (χ1v) is 12.7. The summed E-state index contributed by atoms with van der Waals surface area (Å²) in [5.74, 6) is 1.07. The number of hydrogen-bond donors (Lipinski definition) is 1. The molecule has 1 N–H and O–H groups in total. The molecule has 3 aromatic rings. The fraction of sp³-hybridized carbons (Fsp3) is 0.240. The summed E-state index contributed by atoms with van der Waals surface area (Å²) in [4.78, 5) is 10.4. The second-order valence-electron chi connectivity index (χ2n) is 7.58. The van der Waals surface area contributed by atoms with Crippen LogP contribution in [0.5, 0.6) is 11.5 Å². The van der Waals surface area contributed by atoms with Crippen LogP contribution in [0.4, 0.5) is 11.4 Å². The molecule has 0 saturated heterocycles. The van der Waals surface area contributed by atoms with E-state index in [-0.39, 0.29) is 29.4 Å². The number of sulfonamides is 1. The van der Waals surface area contributed by atoms with Crippen molar-refractivity contribution in [1.29, 1.82) is 0 Å². The molecule has 0 saturated carbocycles. The third-order valence-electron chi connectivity index (χ3n) is 5.32. The first kappa shape index (κ1) is 26.6. The summed E-state index contributed by atoms with van der Waals surface area (Å²) in [6.07, 6.45) is 1.48. The molecule has 0 aliphatic heterocycles. The Balaban J connectivity index is 1.81. The van der Waals surface area contributed by atoms with Gasteiger partial charge >= 0.3 is 0 Å². The summed E-state index contributed by atoms with van der Waals surface area (Å²) in [7, 11) is -2.44. The Morgan fingerprint density at radius 3 is 2.39 bits per heavy atom. The van der Waals surface area contributed by atoms with Gasteiger partial charge in [0.2, 0.25) is 10.0 Å². The van der Waals surface area contributed by atoms with Crippen LogP contribution in [-0.4, -0.2) is 44.1 Å². The van der Waals surface area contributed by atoms with Gasteiger partial charge in [0, 0.05) is 25.2 Å². The summed E-state index contributed by atoms with van der Waals surface area (Å²) < 4.78 is 38.7. The number of rotatable bonds is 12. The maximum atomic E-state index is 13.1. The van der Waals surface area contributed by atoms with Crippen LogP contribution in [-0.2, 0) is 16.6 Å². The van der Waals surface area contributed by atoms with E-state index in [1.165, 1.54) is 29.8 Å². The Bertz CT molecular complexity index is 1330. The van der Waals surface area contributed by atoms with Crippen molar-refractivity contribution >= 4 is 27.6 Å². The van der Waals surface area contributed by atoms with Crippen molar-refractivity contribution in [3.8, 4) is 11.5 Å². The second kappa shape index (κ2) is 12.1. The predicted molar refractivity (Wildman–Crippen MR) is 138 cm³/mol. The van der Waals surface area contributed by atoms with E-state index in [0.717, 1.165) is 11.6 Å². The van der Waals surface area contributed by atoms with Gasteiger partial charge in [0.05, 0.1) is 23.9 Å². The van der Waals surface area contributed by atoms with Crippen molar-refractivity contribution in [3.05, 3.63) is 88.0 Å².